The molecule has 4 unspecified atom stereocenters. The number of methoxy groups -OCH3 is 1. The molecular formula is C40H66N4O9. The summed E-state index contributed by atoms with van der Waals surface area (Å²) in [6.07, 6.45) is 8.33. The number of nitrogens with one attached hydrogen (secondary N) is 4. The van der Waals surface area contributed by atoms with Crippen LogP contribution in [0.5, 0.6) is 0 Å². The van der Waals surface area contributed by atoms with E-state index in [0.717, 1.165) is 38.5 Å². The second kappa shape index (κ2) is 19.1. The van der Waals surface area contributed by atoms with Crippen LogP contribution in [-0.2, 0) is 42.9 Å². The number of amides is 3. The molecular weight excluding hydrogens is 680 g/mol. The zero-order valence-corrected chi connectivity index (χ0v) is 33.3. The summed E-state index contributed by atoms with van der Waals surface area (Å²) >= 11 is 0. The predicted octanol–water partition coefficient (Wildman–Crippen LogP) is 3.52. The summed E-state index contributed by atoms with van der Waals surface area (Å²) in [5.74, 6) is -0.900. The third kappa shape index (κ3) is 12.3. The molecule has 13 heteroatoms. The van der Waals surface area contributed by atoms with Crippen LogP contribution in [0.1, 0.15) is 113 Å². The minimum absolute atomic E-state index is 0.0128. The summed E-state index contributed by atoms with van der Waals surface area (Å²) in [5, 5.41) is 11.5. The van der Waals surface area contributed by atoms with Gasteiger partial charge in [-0.1, -0.05) is 39.3 Å². The van der Waals surface area contributed by atoms with Crippen LogP contribution in [0.15, 0.2) is 11.6 Å². The number of epoxide rings is 2. The van der Waals surface area contributed by atoms with Gasteiger partial charge in [0.25, 0.3) is 0 Å². The number of rotatable bonds is 20. The van der Waals surface area contributed by atoms with Crippen molar-refractivity contribution in [3.63, 3.8) is 0 Å². The fourth-order valence-corrected chi connectivity index (χ4v) is 8.19. The molecule has 4 aliphatic rings. The Balaban J connectivity index is 1.15. The molecule has 4 fully saturated rings. The number of hydrogen-bond acceptors (Lipinski definition) is 10. The van der Waals surface area contributed by atoms with Gasteiger partial charge in [0.05, 0.1) is 37.8 Å². The van der Waals surface area contributed by atoms with Crippen LogP contribution in [-0.4, -0.2) is 104 Å². The number of allylic oxidation sites excluding steroid dienone is 1. The van der Waals surface area contributed by atoms with Crippen molar-refractivity contribution in [1.29, 1.82) is 0 Å². The lowest BCUT2D eigenvalue weighted by atomic mass is 9.68. The average Bonchev–Trinajstić information content (AvgIpc) is 4.02. The monoisotopic (exact) mass is 746 g/mol. The molecule has 0 aromatic carbocycles. The first-order valence-electron chi connectivity index (χ1n) is 19.8. The van der Waals surface area contributed by atoms with Crippen molar-refractivity contribution < 1.29 is 42.9 Å². The average molecular weight is 747 g/mol. The number of esters is 1. The molecule has 4 rings (SSSR count). The molecule has 2 saturated carbocycles. The van der Waals surface area contributed by atoms with Gasteiger partial charge in [-0.25, -0.2) is 0 Å². The molecule has 300 valence electrons. The highest BCUT2D eigenvalue weighted by Crippen LogP contribution is 2.59. The van der Waals surface area contributed by atoms with Crippen molar-refractivity contribution in [3.05, 3.63) is 11.6 Å². The van der Waals surface area contributed by atoms with Gasteiger partial charge in [0.2, 0.25) is 17.7 Å². The number of hydrogen-bond donors (Lipinski definition) is 4. The van der Waals surface area contributed by atoms with Crippen molar-refractivity contribution in [2.45, 2.75) is 154 Å². The Hall–Kier alpha value is -2.87. The van der Waals surface area contributed by atoms with Gasteiger partial charge < -0.3 is 40.2 Å². The number of Topliss-reactive ketones (excluding diaryl/α,β-unsaturated/α-hetero) is 1. The van der Waals surface area contributed by atoms with Gasteiger partial charge in [0.1, 0.15) is 23.4 Å². The first-order chi connectivity index (χ1) is 25.1. The summed E-state index contributed by atoms with van der Waals surface area (Å²) in [5.41, 5.74) is 0.613. The van der Waals surface area contributed by atoms with E-state index < -0.39 is 11.9 Å². The van der Waals surface area contributed by atoms with Crippen LogP contribution >= 0.6 is 0 Å². The number of carbonyl (C=O) groups excluding carboxylic acids is 5. The minimum atomic E-state index is -0.556. The van der Waals surface area contributed by atoms with Gasteiger partial charge in [-0.05, 0) is 84.0 Å². The van der Waals surface area contributed by atoms with Crippen molar-refractivity contribution in [3.8, 4) is 0 Å². The normalized spacial score (nSPS) is 31.1. The Labute approximate surface area is 316 Å². The summed E-state index contributed by atoms with van der Waals surface area (Å²) in [4.78, 5) is 62.8. The molecule has 13 nitrogen and oxygen atoms in total. The Morgan fingerprint density at radius 3 is 2.25 bits per heavy atom. The topological polar surface area (TPSA) is 177 Å². The van der Waals surface area contributed by atoms with E-state index in [1.54, 1.807) is 21.0 Å². The second-order valence-corrected chi connectivity index (χ2v) is 16.9. The molecule has 2 saturated heterocycles. The summed E-state index contributed by atoms with van der Waals surface area (Å²) in [6, 6.07) is -0.518. The highest BCUT2D eigenvalue weighted by molar-refractivity contribution is 5.90. The van der Waals surface area contributed by atoms with E-state index >= 15 is 0 Å². The molecule has 2 aliphatic heterocycles. The van der Waals surface area contributed by atoms with Crippen LogP contribution in [0.25, 0.3) is 0 Å². The molecule has 7 atom stereocenters. The number of ketones is 1. The van der Waals surface area contributed by atoms with Gasteiger partial charge in [-0.3, -0.25) is 24.0 Å². The lowest BCUT2D eigenvalue weighted by Gasteiger charge is -2.42. The summed E-state index contributed by atoms with van der Waals surface area (Å²) < 4.78 is 24.5. The minimum Gasteiger partial charge on any atom is -0.460 e. The molecule has 53 heavy (non-hydrogen) atoms. The molecule has 1 spiro atoms. The van der Waals surface area contributed by atoms with Crippen LogP contribution in [0.3, 0.4) is 0 Å². The van der Waals surface area contributed by atoms with Crippen LogP contribution in [0.2, 0.25) is 0 Å². The van der Waals surface area contributed by atoms with E-state index in [-0.39, 0.29) is 102 Å². The zero-order chi connectivity index (χ0) is 38.9. The molecule has 2 heterocycles. The fourth-order valence-electron chi connectivity index (χ4n) is 8.19. The quantitative estimate of drug-likeness (QED) is 0.0820. The van der Waals surface area contributed by atoms with Gasteiger partial charge in [-0.2, -0.15) is 0 Å². The van der Waals surface area contributed by atoms with Crippen molar-refractivity contribution in [2.75, 3.05) is 33.4 Å². The lowest BCUT2D eigenvalue weighted by Crippen LogP contribution is -2.55. The van der Waals surface area contributed by atoms with Crippen molar-refractivity contribution >= 4 is 29.5 Å². The molecule has 3 amide bonds. The van der Waals surface area contributed by atoms with E-state index in [0.29, 0.717) is 32.4 Å². The Bertz CT molecular complexity index is 1320. The molecule has 0 bridgehead atoms. The molecule has 0 radical (unpaired) electrons. The zero-order valence-electron chi connectivity index (χ0n) is 33.3. The fraction of sp³-hybridized carbons (Fsp3) is 0.825. The van der Waals surface area contributed by atoms with Gasteiger partial charge in [0.15, 0.2) is 5.78 Å². The van der Waals surface area contributed by atoms with Crippen LogP contribution in [0, 0.1) is 23.7 Å². The molecule has 0 aromatic rings. The third-order valence-corrected chi connectivity index (χ3v) is 11.5. The smallest absolute Gasteiger partial charge is 0.306 e. The highest BCUT2D eigenvalue weighted by Gasteiger charge is 2.72. The SMILES string of the molecule is COC1C(OC(=O)CC2CCC(NC(=O)CCN[C@@H](CC(C)C)C(=O)NCC(=O)NCC(=O)C(C)C)CC2)CC[C@]2(CO2)C1C1(C)O[C@@H]1CC=C(C)C. The largest absolute Gasteiger partial charge is 0.460 e. The van der Waals surface area contributed by atoms with Crippen LogP contribution < -0.4 is 21.3 Å². The van der Waals surface area contributed by atoms with Gasteiger partial charge in [0, 0.05) is 38.5 Å². The Morgan fingerprint density at radius 1 is 0.943 bits per heavy atom. The van der Waals surface area contributed by atoms with Crippen LogP contribution in [0.4, 0.5) is 0 Å². The van der Waals surface area contributed by atoms with E-state index in [2.05, 4.69) is 48.1 Å². The third-order valence-electron chi connectivity index (χ3n) is 11.5. The predicted molar refractivity (Wildman–Crippen MR) is 200 cm³/mol. The number of ether oxygens (including phenoxy) is 4. The Morgan fingerprint density at radius 2 is 1.64 bits per heavy atom. The maximum absolute atomic E-state index is 13.2. The standard InChI is InChI=1S/C40H66N4O9/c1-24(2)9-14-32-39(7,53-32)37-36(50-8)31(15-17-40(37)23-51-40)52-35(48)20-27-10-12-28(13-11-27)44-33(46)16-18-41-29(19-25(3)4)38(49)43-22-34(47)42-21-30(45)26(5)6/h9,25-29,31-32,36-37,41H,10-23H2,1-8H3,(H,42,47)(H,43,49)(H,44,46)/t27?,28?,29-,31?,32+,36?,37?,39?,40-/m0/s1. The molecule has 0 aromatic heterocycles. The van der Waals surface area contributed by atoms with E-state index in [1.807, 2.05) is 13.8 Å². The maximum Gasteiger partial charge on any atom is 0.306 e. The maximum atomic E-state index is 13.2. The first kappa shape index (κ1) is 42.9. The first-order valence-corrected chi connectivity index (χ1v) is 19.8. The molecule has 2 aliphatic carbocycles. The van der Waals surface area contributed by atoms with Crippen molar-refractivity contribution in [2.24, 2.45) is 23.7 Å². The van der Waals surface area contributed by atoms with Gasteiger partial charge in [-0.15, -0.1) is 0 Å². The van der Waals surface area contributed by atoms with Gasteiger partial charge >= 0.3 is 5.97 Å². The second-order valence-electron chi connectivity index (χ2n) is 16.9. The van der Waals surface area contributed by atoms with Crippen molar-refractivity contribution in [1.82, 2.24) is 21.3 Å². The molecule has 4 N–H and O–H groups in total. The van der Waals surface area contributed by atoms with E-state index in [4.69, 9.17) is 18.9 Å². The summed E-state index contributed by atoms with van der Waals surface area (Å²) in [6.45, 7) is 14.6. The highest BCUT2D eigenvalue weighted by atomic mass is 16.6. The summed E-state index contributed by atoms with van der Waals surface area (Å²) in [7, 11) is 1.69. The lowest BCUT2D eigenvalue weighted by molar-refractivity contribution is -0.173. The van der Waals surface area contributed by atoms with E-state index in [9.17, 15) is 24.0 Å². The van der Waals surface area contributed by atoms with E-state index in [1.165, 1.54) is 5.57 Å². The Kier molecular flexibility index (Phi) is 15.5. The number of carbonyl (C=O) groups is 5.